The average Bonchev–Trinajstić information content (AvgIpc) is 2.36. The van der Waals surface area contributed by atoms with Gasteiger partial charge in [-0.15, -0.1) is 0 Å². The molecular weight excluding hydrogens is 250 g/mol. The largest absolute Gasteiger partial charge is 0.275 e. The number of hydrogen-bond acceptors (Lipinski definition) is 2. The number of aryl methyl sites for hydroxylation is 1. The number of halogens is 2. The minimum Gasteiger partial charge on any atom is -0.216 e. The first-order chi connectivity index (χ1) is 7.71. The van der Waals surface area contributed by atoms with Crippen LogP contribution in [0.2, 0.25) is 0 Å². The molecule has 1 aliphatic carbocycles. The van der Waals surface area contributed by atoms with Gasteiger partial charge < -0.3 is 0 Å². The van der Waals surface area contributed by atoms with Gasteiger partial charge in [0.2, 0.25) is 0 Å². The number of rotatable bonds is 2. The normalized spacial score (nSPS) is 22.5. The lowest BCUT2D eigenvalue weighted by molar-refractivity contribution is -0.0188. The van der Waals surface area contributed by atoms with E-state index in [2.05, 4.69) is 0 Å². The minimum absolute atomic E-state index is 0.325. The van der Waals surface area contributed by atoms with Crippen LogP contribution in [-0.4, -0.2) is 14.3 Å². The van der Waals surface area contributed by atoms with E-state index in [4.69, 9.17) is 5.14 Å². The third-order valence-corrected chi connectivity index (χ3v) is 3.40. The van der Waals surface area contributed by atoms with Gasteiger partial charge in [-0.3, -0.25) is 0 Å². The molecule has 4 nitrogen and oxygen atoms in total. The van der Waals surface area contributed by atoms with Crippen molar-refractivity contribution in [3.05, 3.63) is 34.9 Å². The molecule has 0 spiro atoms. The van der Waals surface area contributed by atoms with E-state index in [0.29, 0.717) is 16.7 Å². The van der Waals surface area contributed by atoms with Crippen molar-refractivity contribution in [1.29, 1.82) is 0 Å². The Hall–Kier alpha value is -1.05. The summed E-state index contributed by atoms with van der Waals surface area (Å²) in [5.74, 6) is -3.15. The van der Waals surface area contributed by atoms with Gasteiger partial charge in [0.05, 0.1) is 0 Å². The van der Waals surface area contributed by atoms with Crippen LogP contribution in [0.25, 0.3) is 0 Å². The van der Waals surface area contributed by atoms with E-state index >= 15 is 0 Å². The van der Waals surface area contributed by atoms with Gasteiger partial charge in [-0.05, 0) is 23.6 Å². The van der Waals surface area contributed by atoms with Crippen molar-refractivity contribution >= 4 is 10.2 Å². The van der Waals surface area contributed by atoms with Crippen LogP contribution in [0.4, 0.5) is 8.78 Å². The fraction of sp³-hybridized carbons (Fsp3) is 0.400. The van der Waals surface area contributed by atoms with Crippen molar-refractivity contribution in [2.75, 3.05) is 0 Å². The van der Waals surface area contributed by atoms with E-state index in [1.807, 2.05) is 0 Å². The number of nitrogens with two attached hydrogens (primary N) is 1. The smallest absolute Gasteiger partial charge is 0.216 e. The molecule has 0 aliphatic heterocycles. The maximum absolute atomic E-state index is 13.7. The van der Waals surface area contributed by atoms with E-state index < -0.39 is 28.6 Å². The Morgan fingerprint density at radius 1 is 1.47 bits per heavy atom. The zero-order chi connectivity index (χ0) is 12.8. The number of nitrogens with one attached hydrogen (secondary N) is 1. The van der Waals surface area contributed by atoms with Gasteiger partial charge in [0.1, 0.15) is 6.04 Å². The van der Waals surface area contributed by atoms with Crippen LogP contribution in [0.3, 0.4) is 0 Å². The molecule has 0 heterocycles. The third kappa shape index (κ3) is 2.31. The van der Waals surface area contributed by atoms with Gasteiger partial charge in [0, 0.05) is 6.42 Å². The van der Waals surface area contributed by atoms with Gasteiger partial charge in [0.25, 0.3) is 16.1 Å². The second kappa shape index (κ2) is 3.72. The first kappa shape index (κ1) is 12.4. The summed E-state index contributed by atoms with van der Waals surface area (Å²) < 4.78 is 51.1. The summed E-state index contributed by atoms with van der Waals surface area (Å²) in [7, 11) is -4.17. The predicted octanol–water partition coefficient (Wildman–Crippen LogP) is 1.02. The summed E-state index contributed by atoms with van der Waals surface area (Å²) in [6.45, 7) is 1.66. The van der Waals surface area contributed by atoms with Crippen molar-refractivity contribution in [2.24, 2.45) is 5.14 Å². The molecule has 1 aromatic rings. The lowest BCUT2D eigenvalue weighted by Crippen LogP contribution is -2.41. The summed E-state index contributed by atoms with van der Waals surface area (Å²) >= 11 is 0. The summed E-state index contributed by atoms with van der Waals surface area (Å²) in [6, 6.07) is 3.33. The average molecular weight is 262 g/mol. The SMILES string of the molecule is Cc1cccc2c1C(NS(N)(=O)=O)C(F)(F)C2. The molecule has 94 valence electrons. The second-order valence-electron chi connectivity index (χ2n) is 4.18. The van der Waals surface area contributed by atoms with E-state index in [-0.39, 0.29) is 0 Å². The molecule has 7 heteroatoms. The van der Waals surface area contributed by atoms with Crippen molar-refractivity contribution in [2.45, 2.75) is 25.3 Å². The summed E-state index contributed by atoms with van der Waals surface area (Å²) in [4.78, 5) is 0. The molecule has 0 saturated carbocycles. The van der Waals surface area contributed by atoms with Gasteiger partial charge in [-0.1, -0.05) is 18.2 Å². The Morgan fingerprint density at radius 2 is 2.12 bits per heavy atom. The van der Waals surface area contributed by atoms with Crippen molar-refractivity contribution in [3.8, 4) is 0 Å². The molecule has 17 heavy (non-hydrogen) atoms. The van der Waals surface area contributed by atoms with Gasteiger partial charge in [-0.25, -0.2) is 13.9 Å². The maximum atomic E-state index is 13.7. The molecule has 0 bridgehead atoms. The van der Waals surface area contributed by atoms with Crippen LogP contribution >= 0.6 is 0 Å². The molecule has 2 rings (SSSR count). The second-order valence-corrected chi connectivity index (χ2v) is 5.51. The Kier molecular flexibility index (Phi) is 2.72. The van der Waals surface area contributed by atoms with Crippen LogP contribution in [0, 0.1) is 6.92 Å². The molecule has 1 aliphatic rings. The molecule has 0 amide bonds. The highest BCUT2D eigenvalue weighted by atomic mass is 32.2. The van der Waals surface area contributed by atoms with Crippen LogP contribution in [0.1, 0.15) is 22.7 Å². The van der Waals surface area contributed by atoms with E-state index in [0.717, 1.165) is 0 Å². The van der Waals surface area contributed by atoms with Crippen molar-refractivity contribution in [1.82, 2.24) is 4.72 Å². The fourth-order valence-electron chi connectivity index (χ4n) is 2.19. The molecule has 0 aromatic heterocycles. The Labute approximate surface area is 98.0 Å². The molecule has 0 radical (unpaired) electrons. The lowest BCUT2D eigenvalue weighted by Gasteiger charge is -2.20. The Morgan fingerprint density at radius 3 is 2.71 bits per heavy atom. The van der Waals surface area contributed by atoms with Gasteiger partial charge in [0.15, 0.2) is 0 Å². The molecule has 0 fully saturated rings. The fourth-order valence-corrected chi connectivity index (χ4v) is 2.80. The topological polar surface area (TPSA) is 72.2 Å². The lowest BCUT2D eigenvalue weighted by atomic mass is 10.0. The quantitative estimate of drug-likeness (QED) is 0.835. The first-order valence-electron chi connectivity index (χ1n) is 4.97. The highest BCUT2D eigenvalue weighted by molar-refractivity contribution is 7.87. The highest BCUT2D eigenvalue weighted by Crippen LogP contribution is 2.44. The minimum atomic E-state index is -4.17. The summed E-state index contributed by atoms with van der Waals surface area (Å²) in [5, 5.41) is 4.77. The van der Waals surface area contributed by atoms with E-state index in [9.17, 15) is 17.2 Å². The van der Waals surface area contributed by atoms with E-state index in [1.165, 1.54) is 0 Å². The summed E-state index contributed by atoms with van der Waals surface area (Å²) in [6.07, 6.45) is -0.475. The van der Waals surface area contributed by atoms with Crippen LogP contribution in [-0.2, 0) is 16.6 Å². The zero-order valence-electron chi connectivity index (χ0n) is 9.07. The number of fused-ring (bicyclic) bond motifs is 1. The molecule has 0 saturated heterocycles. The van der Waals surface area contributed by atoms with Gasteiger partial charge >= 0.3 is 0 Å². The van der Waals surface area contributed by atoms with Gasteiger partial charge in [-0.2, -0.15) is 13.1 Å². The number of benzene rings is 1. The van der Waals surface area contributed by atoms with Crippen molar-refractivity contribution < 1.29 is 17.2 Å². The zero-order valence-corrected chi connectivity index (χ0v) is 9.89. The van der Waals surface area contributed by atoms with Crippen molar-refractivity contribution in [3.63, 3.8) is 0 Å². The van der Waals surface area contributed by atoms with Crippen LogP contribution < -0.4 is 9.86 Å². The molecule has 3 N–H and O–H groups in total. The Bertz CT molecular complexity index is 557. The first-order valence-corrected chi connectivity index (χ1v) is 6.51. The Balaban J connectivity index is 2.51. The molecule has 1 aromatic carbocycles. The molecular formula is C10H12F2N2O2S. The standard InChI is InChI=1S/C10H12F2N2O2S/c1-6-3-2-4-7-5-10(11,12)9(8(6)7)14-17(13,15)16/h2-4,9,14H,5H2,1H3,(H2,13,15,16). The maximum Gasteiger partial charge on any atom is 0.275 e. The molecule has 1 atom stereocenters. The third-order valence-electron chi connectivity index (χ3n) is 2.83. The monoisotopic (exact) mass is 262 g/mol. The van der Waals surface area contributed by atoms with E-state index in [1.54, 1.807) is 29.8 Å². The number of hydrogen-bond donors (Lipinski definition) is 2. The van der Waals surface area contributed by atoms with Crippen LogP contribution in [0.5, 0.6) is 0 Å². The van der Waals surface area contributed by atoms with Crippen LogP contribution in [0.15, 0.2) is 18.2 Å². The summed E-state index contributed by atoms with van der Waals surface area (Å²) in [5.41, 5.74) is 1.41. The number of alkyl halides is 2. The highest BCUT2D eigenvalue weighted by Gasteiger charge is 2.49. The molecule has 1 unspecified atom stereocenters. The predicted molar refractivity (Wildman–Crippen MR) is 58.8 cm³/mol.